The second kappa shape index (κ2) is 7.54. The van der Waals surface area contributed by atoms with Crippen LogP contribution in [0, 0.1) is 16.0 Å². The molecule has 6 nitrogen and oxygen atoms in total. The number of hydrogen-bond acceptors (Lipinski definition) is 4. The summed E-state index contributed by atoms with van der Waals surface area (Å²) in [6, 6.07) is 2.94. The lowest BCUT2D eigenvalue weighted by Crippen LogP contribution is -2.25. The molecule has 136 valence electrons. The lowest BCUT2D eigenvalue weighted by atomic mass is 9.82. The maximum absolute atomic E-state index is 12.1. The quantitative estimate of drug-likeness (QED) is 0.647. The predicted molar refractivity (Wildman–Crippen MR) is 83.1 cm³/mol. The molecular weight excluding hydrogens is 341 g/mol. The molecule has 0 aliphatic heterocycles. The molecule has 1 unspecified atom stereocenters. The Labute approximate surface area is 141 Å². The van der Waals surface area contributed by atoms with Gasteiger partial charge in [0.05, 0.1) is 12.0 Å². The van der Waals surface area contributed by atoms with Crippen LogP contribution in [0.5, 0.6) is 5.75 Å². The third-order valence-electron chi connectivity index (χ3n) is 3.99. The van der Waals surface area contributed by atoms with Gasteiger partial charge in [-0.2, -0.15) is 13.2 Å². The molecule has 1 aromatic carbocycles. The lowest BCUT2D eigenvalue weighted by Gasteiger charge is -2.23. The van der Waals surface area contributed by atoms with E-state index in [4.69, 9.17) is 4.74 Å². The molecule has 0 spiro atoms. The van der Waals surface area contributed by atoms with E-state index in [0.29, 0.717) is 30.6 Å². The summed E-state index contributed by atoms with van der Waals surface area (Å²) in [5, 5.41) is 13.3. The zero-order valence-electron chi connectivity index (χ0n) is 13.4. The Kier molecular flexibility index (Phi) is 5.66. The number of nitro groups is 1. The van der Waals surface area contributed by atoms with Crippen molar-refractivity contribution in [1.82, 2.24) is 5.32 Å². The second-order valence-electron chi connectivity index (χ2n) is 5.72. The minimum Gasteiger partial charge on any atom is -0.496 e. The van der Waals surface area contributed by atoms with Crippen LogP contribution in [0.1, 0.15) is 24.0 Å². The second-order valence-corrected chi connectivity index (χ2v) is 5.72. The number of rotatable bonds is 5. The molecule has 0 radical (unpaired) electrons. The largest absolute Gasteiger partial charge is 0.496 e. The van der Waals surface area contributed by atoms with E-state index in [0.717, 1.165) is 5.56 Å². The topological polar surface area (TPSA) is 81.5 Å². The summed E-state index contributed by atoms with van der Waals surface area (Å²) in [5.74, 6) is -0.682. The molecule has 1 aliphatic carbocycles. The number of nitro benzene ring substituents is 1. The zero-order valence-corrected chi connectivity index (χ0v) is 13.4. The van der Waals surface area contributed by atoms with Gasteiger partial charge in [-0.3, -0.25) is 14.9 Å². The number of alkyl halides is 3. The molecule has 1 atom stereocenters. The van der Waals surface area contributed by atoms with Crippen molar-refractivity contribution in [2.45, 2.75) is 31.9 Å². The summed E-state index contributed by atoms with van der Waals surface area (Å²) < 4.78 is 41.5. The third kappa shape index (κ3) is 4.94. The summed E-state index contributed by atoms with van der Waals surface area (Å²) in [6.07, 6.45) is -1.81. The van der Waals surface area contributed by atoms with Crippen LogP contribution in [0.3, 0.4) is 0 Å². The highest BCUT2D eigenvalue weighted by atomic mass is 19.4. The number of amides is 1. The molecule has 25 heavy (non-hydrogen) atoms. The molecule has 0 aromatic heterocycles. The maximum atomic E-state index is 12.1. The van der Waals surface area contributed by atoms with Crippen molar-refractivity contribution in [3.63, 3.8) is 0 Å². The first kappa shape index (κ1) is 18.8. The SMILES string of the molecule is COc1ccc([N+](=O)[O-])c2c1CCC(/C=C/NC(=O)CC(F)(F)F)C2. The lowest BCUT2D eigenvalue weighted by molar-refractivity contribution is -0.385. The van der Waals surface area contributed by atoms with E-state index in [1.54, 1.807) is 12.1 Å². The number of nitrogens with zero attached hydrogens (tertiary/aromatic N) is 1. The highest BCUT2D eigenvalue weighted by Gasteiger charge is 2.31. The zero-order chi connectivity index (χ0) is 18.6. The number of benzene rings is 1. The van der Waals surface area contributed by atoms with Crippen molar-refractivity contribution >= 4 is 11.6 Å². The van der Waals surface area contributed by atoms with Crippen molar-refractivity contribution in [2.24, 2.45) is 5.92 Å². The Morgan fingerprint density at radius 2 is 2.16 bits per heavy atom. The van der Waals surface area contributed by atoms with E-state index < -0.39 is 23.4 Å². The number of allylic oxidation sites excluding steroid dienone is 1. The van der Waals surface area contributed by atoms with Gasteiger partial charge in [0.1, 0.15) is 12.2 Å². The first-order valence-electron chi connectivity index (χ1n) is 7.57. The molecule has 0 fully saturated rings. The number of carbonyl (C=O) groups is 1. The molecule has 1 N–H and O–H groups in total. The fourth-order valence-electron chi connectivity index (χ4n) is 2.89. The smallest absolute Gasteiger partial charge is 0.397 e. The Morgan fingerprint density at radius 3 is 2.76 bits per heavy atom. The van der Waals surface area contributed by atoms with Crippen LogP contribution in [0.2, 0.25) is 0 Å². The number of halogens is 3. The average molecular weight is 358 g/mol. The number of fused-ring (bicyclic) bond motifs is 1. The summed E-state index contributed by atoms with van der Waals surface area (Å²) in [6.45, 7) is 0. The molecule has 2 rings (SSSR count). The molecular formula is C16H17F3N2O4. The van der Waals surface area contributed by atoms with Gasteiger partial charge in [-0.15, -0.1) is 0 Å². The van der Waals surface area contributed by atoms with E-state index in [9.17, 15) is 28.1 Å². The first-order valence-corrected chi connectivity index (χ1v) is 7.57. The Hall–Kier alpha value is -2.58. The van der Waals surface area contributed by atoms with Crippen LogP contribution < -0.4 is 10.1 Å². The van der Waals surface area contributed by atoms with E-state index in [1.165, 1.54) is 19.4 Å². The summed E-state index contributed by atoms with van der Waals surface area (Å²) in [5.41, 5.74) is 1.34. The van der Waals surface area contributed by atoms with Gasteiger partial charge in [-0.1, -0.05) is 6.08 Å². The predicted octanol–water partition coefficient (Wildman–Crippen LogP) is 3.29. The van der Waals surface area contributed by atoms with E-state index >= 15 is 0 Å². The van der Waals surface area contributed by atoms with Crippen LogP contribution in [0.4, 0.5) is 18.9 Å². The van der Waals surface area contributed by atoms with Gasteiger partial charge in [-0.05, 0) is 31.2 Å². The van der Waals surface area contributed by atoms with Crippen LogP contribution in [-0.2, 0) is 17.6 Å². The van der Waals surface area contributed by atoms with Gasteiger partial charge in [-0.25, -0.2) is 0 Å². The van der Waals surface area contributed by atoms with E-state index in [2.05, 4.69) is 5.32 Å². The molecule has 0 saturated heterocycles. The average Bonchev–Trinajstić information content (AvgIpc) is 2.51. The minimum absolute atomic E-state index is 0.00462. The van der Waals surface area contributed by atoms with Crippen molar-refractivity contribution in [1.29, 1.82) is 0 Å². The Balaban J connectivity index is 2.08. The highest BCUT2D eigenvalue weighted by Crippen LogP contribution is 2.38. The van der Waals surface area contributed by atoms with Crippen molar-refractivity contribution in [3.05, 3.63) is 45.6 Å². The van der Waals surface area contributed by atoms with Gasteiger partial charge in [0.25, 0.3) is 5.69 Å². The molecule has 0 bridgehead atoms. The number of nitrogens with one attached hydrogen (secondary N) is 1. The standard InChI is InChI=1S/C16H17F3N2O4/c1-25-14-5-4-13(21(23)24)12-8-10(2-3-11(12)14)6-7-20-15(22)9-16(17,18)19/h4-7,10H,2-3,8-9H2,1H3,(H,20,22)/b7-6+. The number of hydrogen-bond donors (Lipinski definition) is 1. The van der Waals surface area contributed by atoms with Crippen molar-refractivity contribution < 1.29 is 27.6 Å². The van der Waals surface area contributed by atoms with E-state index in [-0.39, 0.29) is 11.6 Å². The van der Waals surface area contributed by atoms with Gasteiger partial charge in [0.15, 0.2) is 0 Å². The van der Waals surface area contributed by atoms with Crippen molar-refractivity contribution in [3.8, 4) is 5.75 Å². The van der Waals surface area contributed by atoms with Gasteiger partial charge in [0, 0.05) is 23.4 Å². The van der Waals surface area contributed by atoms with Gasteiger partial charge >= 0.3 is 6.18 Å². The molecule has 1 amide bonds. The Bertz CT molecular complexity index is 701. The van der Waals surface area contributed by atoms with Crippen LogP contribution in [0.15, 0.2) is 24.4 Å². The number of methoxy groups -OCH3 is 1. The fraction of sp³-hybridized carbons (Fsp3) is 0.438. The third-order valence-corrected chi connectivity index (χ3v) is 3.99. The number of ether oxygens (including phenoxy) is 1. The first-order chi connectivity index (χ1) is 11.7. The van der Waals surface area contributed by atoms with Gasteiger partial charge < -0.3 is 10.1 Å². The monoisotopic (exact) mass is 358 g/mol. The summed E-state index contributed by atoms with van der Waals surface area (Å²) >= 11 is 0. The van der Waals surface area contributed by atoms with Crippen LogP contribution in [-0.4, -0.2) is 24.1 Å². The molecule has 1 aliphatic rings. The number of carbonyl (C=O) groups excluding carboxylic acids is 1. The molecule has 9 heteroatoms. The van der Waals surface area contributed by atoms with E-state index in [1.807, 2.05) is 0 Å². The minimum atomic E-state index is -4.56. The van der Waals surface area contributed by atoms with Gasteiger partial charge in [0.2, 0.25) is 5.91 Å². The molecule has 1 aromatic rings. The van der Waals surface area contributed by atoms with Crippen LogP contribution >= 0.6 is 0 Å². The highest BCUT2D eigenvalue weighted by molar-refractivity contribution is 5.77. The summed E-state index contributed by atoms with van der Waals surface area (Å²) in [7, 11) is 1.49. The Morgan fingerprint density at radius 1 is 1.44 bits per heavy atom. The fourth-order valence-corrected chi connectivity index (χ4v) is 2.89. The summed E-state index contributed by atoms with van der Waals surface area (Å²) in [4.78, 5) is 21.9. The molecule has 0 saturated carbocycles. The normalized spacial score (nSPS) is 17.2. The maximum Gasteiger partial charge on any atom is 0.397 e. The van der Waals surface area contributed by atoms with Crippen molar-refractivity contribution in [2.75, 3.05) is 7.11 Å². The molecule has 0 heterocycles. The van der Waals surface area contributed by atoms with Crippen LogP contribution in [0.25, 0.3) is 0 Å².